The van der Waals surface area contributed by atoms with Gasteiger partial charge in [0, 0.05) is 11.3 Å². The third-order valence-corrected chi connectivity index (χ3v) is 4.18. The number of furan rings is 1. The van der Waals surface area contributed by atoms with Crippen LogP contribution in [0.4, 0.5) is 5.69 Å². The average molecular weight is 395 g/mol. The Morgan fingerprint density at radius 2 is 1.79 bits per heavy atom. The molecule has 0 saturated heterocycles. The first kappa shape index (κ1) is 19.8. The maximum Gasteiger partial charge on any atom is 0.400 e. The third kappa shape index (κ3) is 4.86. The molecular formula is C21H21N3O5. The number of carbonyl (C=O) groups is 1. The second-order valence-corrected chi connectivity index (χ2v) is 6.11. The molecule has 1 heterocycles. The van der Waals surface area contributed by atoms with Crippen molar-refractivity contribution >= 4 is 17.5 Å². The second-order valence-electron chi connectivity index (χ2n) is 6.11. The summed E-state index contributed by atoms with van der Waals surface area (Å²) in [4.78, 5) is 17.0. The van der Waals surface area contributed by atoms with Gasteiger partial charge in [0.25, 0.3) is 0 Å². The molecular weight excluding hydrogens is 374 g/mol. The molecule has 0 spiro atoms. The summed E-state index contributed by atoms with van der Waals surface area (Å²) in [5.74, 6) is 1.08. The van der Waals surface area contributed by atoms with E-state index in [9.17, 15) is 4.79 Å². The molecule has 29 heavy (non-hydrogen) atoms. The monoisotopic (exact) mass is 395 g/mol. The van der Waals surface area contributed by atoms with E-state index in [4.69, 9.17) is 30.2 Å². The number of anilines is 1. The van der Waals surface area contributed by atoms with Crippen molar-refractivity contribution in [3.05, 3.63) is 77.2 Å². The summed E-state index contributed by atoms with van der Waals surface area (Å²) < 4.78 is 16.1. The summed E-state index contributed by atoms with van der Waals surface area (Å²) in [7, 11) is 1.59. The zero-order chi connectivity index (χ0) is 20.8. The molecule has 0 unspecified atom stereocenters. The van der Waals surface area contributed by atoms with Crippen LogP contribution in [0.1, 0.15) is 27.4 Å². The van der Waals surface area contributed by atoms with E-state index in [1.807, 2.05) is 0 Å². The molecule has 0 fully saturated rings. The lowest BCUT2D eigenvalue weighted by atomic mass is 10.1. The van der Waals surface area contributed by atoms with E-state index in [1.54, 1.807) is 62.6 Å². The molecule has 0 bridgehead atoms. The van der Waals surface area contributed by atoms with E-state index >= 15 is 0 Å². The van der Waals surface area contributed by atoms with Gasteiger partial charge in [0.15, 0.2) is 5.84 Å². The quantitative estimate of drug-likeness (QED) is 0.207. The summed E-state index contributed by atoms with van der Waals surface area (Å²) in [6.07, 6.45) is 0. The van der Waals surface area contributed by atoms with Crippen LogP contribution in [-0.4, -0.2) is 18.9 Å². The highest BCUT2D eigenvalue weighted by Crippen LogP contribution is 2.19. The molecule has 0 aliphatic carbocycles. The van der Waals surface area contributed by atoms with E-state index in [1.165, 1.54) is 6.07 Å². The predicted octanol–water partition coefficient (Wildman–Crippen LogP) is 3.24. The van der Waals surface area contributed by atoms with Crippen LogP contribution < -0.4 is 20.9 Å². The van der Waals surface area contributed by atoms with Crippen molar-refractivity contribution in [1.82, 2.24) is 0 Å². The summed E-state index contributed by atoms with van der Waals surface area (Å²) in [6.45, 7) is 1.95. The van der Waals surface area contributed by atoms with Crippen molar-refractivity contribution in [3.63, 3.8) is 0 Å². The third-order valence-electron chi connectivity index (χ3n) is 4.18. The fourth-order valence-electron chi connectivity index (χ4n) is 2.51. The van der Waals surface area contributed by atoms with Crippen molar-refractivity contribution in [1.29, 1.82) is 0 Å². The van der Waals surface area contributed by atoms with E-state index in [0.29, 0.717) is 22.8 Å². The minimum Gasteiger partial charge on any atom is -0.497 e. The van der Waals surface area contributed by atoms with E-state index in [0.717, 1.165) is 11.3 Å². The molecule has 3 rings (SSSR count). The number of rotatable bonds is 7. The Balaban J connectivity index is 1.59. The van der Waals surface area contributed by atoms with Crippen LogP contribution in [0.3, 0.4) is 0 Å². The van der Waals surface area contributed by atoms with Crippen molar-refractivity contribution in [3.8, 4) is 11.5 Å². The highest BCUT2D eigenvalue weighted by atomic mass is 16.7. The lowest BCUT2D eigenvalue weighted by Gasteiger charge is -2.06. The number of benzene rings is 2. The van der Waals surface area contributed by atoms with Crippen LogP contribution >= 0.6 is 0 Å². The highest BCUT2D eigenvalue weighted by molar-refractivity contribution is 6.00. The van der Waals surface area contributed by atoms with Gasteiger partial charge < -0.3 is 30.2 Å². The van der Waals surface area contributed by atoms with Gasteiger partial charge in [0.1, 0.15) is 23.9 Å². The zero-order valence-electron chi connectivity index (χ0n) is 16.0. The minimum absolute atomic E-state index is 0.0146. The number of nitrogen functional groups attached to an aromatic ring is 1. The Hall–Kier alpha value is -3.94. The van der Waals surface area contributed by atoms with Gasteiger partial charge >= 0.3 is 5.97 Å². The van der Waals surface area contributed by atoms with Crippen molar-refractivity contribution in [2.75, 3.05) is 12.8 Å². The van der Waals surface area contributed by atoms with Gasteiger partial charge in [-0.1, -0.05) is 17.3 Å². The number of nitrogens with two attached hydrogens (primary N) is 2. The fraction of sp³-hybridized carbons (Fsp3) is 0.143. The Morgan fingerprint density at radius 3 is 2.52 bits per heavy atom. The molecule has 2 aromatic carbocycles. The number of carbonyl (C=O) groups excluding carboxylic acids is 1. The standard InChI is InChI=1S/C21H21N3O5/c1-13-17(4-3-5-18(13)22)20(23)24-29-21(25)19-11-10-16(28-19)12-27-15-8-6-14(26-2)7-9-15/h3-11H,12,22H2,1-2H3,(H2,23,24). The van der Waals surface area contributed by atoms with Crippen LogP contribution in [0.25, 0.3) is 0 Å². The average Bonchev–Trinajstić information content (AvgIpc) is 3.22. The molecule has 1 aromatic heterocycles. The summed E-state index contributed by atoms with van der Waals surface area (Å²) in [5.41, 5.74) is 13.6. The molecule has 0 atom stereocenters. The zero-order valence-corrected chi connectivity index (χ0v) is 16.0. The minimum atomic E-state index is -0.773. The molecule has 8 nitrogen and oxygen atoms in total. The van der Waals surface area contributed by atoms with Gasteiger partial charge in [-0.2, -0.15) is 0 Å². The van der Waals surface area contributed by atoms with Gasteiger partial charge in [-0.25, -0.2) is 4.79 Å². The molecule has 3 aromatic rings. The Kier molecular flexibility index (Phi) is 6.03. The van der Waals surface area contributed by atoms with Crippen molar-refractivity contribution in [2.45, 2.75) is 13.5 Å². The maximum atomic E-state index is 12.1. The normalized spacial score (nSPS) is 11.2. The van der Waals surface area contributed by atoms with Gasteiger partial charge in [0.2, 0.25) is 5.76 Å². The predicted molar refractivity (Wildman–Crippen MR) is 108 cm³/mol. The smallest absolute Gasteiger partial charge is 0.400 e. The Bertz CT molecular complexity index is 1030. The van der Waals surface area contributed by atoms with Crippen LogP contribution in [0.2, 0.25) is 0 Å². The van der Waals surface area contributed by atoms with Gasteiger partial charge in [-0.05, 0) is 55.0 Å². The first-order chi connectivity index (χ1) is 14.0. The SMILES string of the molecule is COc1ccc(OCc2ccc(C(=O)O/N=C(\N)c3cccc(N)c3C)o2)cc1. The molecule has 8 heteroatoms. The molecule has 150 valence electrons. The van der Waals surface area contributed by atoms with Crippen LogP contribution in [0.5, 0.6) is 11.5 Å². The number of hydrogen-bond acceptors (Lipinski definition) is 7. The van der Waals surface area contributed by atoms with E-state index in [-0.39, 0.29) is 18.2 Å². The van der Waals surface area contributed by atoms with Crippen LogP contribution in [-0.2, 0) is 11.4 Å². The molecule has 0 radical (unpaired) electrons. The molecule has 4 N–H and O–H groups in total. The summed E-state index contributed by atoms with van der Waals surface area (Å²) >= 11 is 0. The topological polar surface area (TPSA) is 122 Å². The molecule has 0 saturated carbocycles. The lowest BCUT2D eigenvalue weighted by molar-refractivity contribution is 0.0475. The van der Waals surface area contributed by atoms with Crippen molar-refractivity contribution < 1.29 is 23.5 Å². The van der Waals surface area contributed by atoms with Crippen LogP contribution in [0.15, 0.2) is 64.2 Å². The molecule has 0 amide bonds. The molecule has 0 aliphatic heterocycles. The number of nitrogens with zero attached hydrogens (tertiary/aromatic N) is 1. The van der Waals surface area contributed by atoms with Crippen LogP contribution in [0, 0.1) is 6.92 Å². The maximum absolute atomic E-state index is 12.1. The largest absolute Gasteiger partial charge is 0.497 e. The number of oxime groups is 1. The lowest BCUT2D eigenvalue weighted by Crippen LogP contribution is -2.17. The highest BCUT2D eigenvalue weighted by Gasteiger charge is 2.14. The number of methoxy groups -OCH3 is 1. The van der Waals surface area contributed by atoms with E-state index in [2.05, 4.69) is 5.16 Å². The molecule has 0 aliphatic rings. The Morgan fingerprint density at radius 1 is 1.07 bits per heavy atom. The fourth-order valence-corrected chi connectivity index (χ4v) is 2.51. The van der Waals surface area contributed by atoms with Gasteiger partial charge in [-0.15, -0.1) is 0 Å². The second kappa shape index (κ2) is 8.83. The first-order valence-electron chi connectivity index (χ1n) is 8.73. The van der Waals surface area contributed by atoms with Gasteiger partial charge in [-0.3, -0.25) is 0 Å². The van der Waals surface area contributed by atoms with E-state index < -0.39 is 5.97 Å². The number of ether oxygens (including phenoxy) is 2. The number of hydrogen-bond donors (Lipinski definition) is 2. The summed E-state index contributed by atoms with van der Waals surface area (Å²) in [5, 5.41) is 3.68. The van der Waals surface area contributed by atoms with Gasteiger partial charge in [0.05, 0.1) is 7.11 Å². The summed E-state index contributed by atoms with van der Waals surface area (Å²) in [6, 6.07) is 15.4. The number of amidine groups is 1. The Labute approximate surface area is 167 Å². The van der Waals surface area contributed by atoms with Crippen molar-refractivity contribution in [2.24, 2.45) is 10.9 Å². The first-order valence-corrected chi connectivity index (χ1v) is 8.73.